The van der Waals surface area contributed by atoms with E-state index in [9.17, 15) is 4.79 Å². The quantitative estimate of drug-likeness (QED) is 0.846. The van der Waals surface area contributed by atoms with Crippen LogP contribution in [0.5, 0.6) is 0 Å². The molecule has 3 heterocycles. The summed E-state index contributed by atoms with van der Waals surface area (Å²) in [5.74, 6) is 0.858. The van der Waals surface area contributed by atoms with Gasteiger partial charge in [-0.2, -0.15) is 0 Å². The summed E-state index contributed by atoms with van der Waals surface area (Å²) < 4.78 is 10.6. The van der Waals surface area contributed by atoms with E-state index in [0.29, 0.717) is 0 Å². The number of aryl methyl sites for hydroxylation is 1. The number of nitrogens with zero attached hydrogens (tertiary/aromatic N) is 3. The molecule has 4 rings (SSSR count). The van der Waals surface area contributed by atoms with Crippen molar-refractivity contribution in [3.05, 3.63) is 47.3 Å². The molecule has 0 spiro atoms. The molecule has 2 aliphatic rings. The second-order valence-corrected chi connectivity index (χ2v) is 7.02. The third-order valence-electron chi connectivity index (χ3n) is 5.24. The van der Waals surface area contributed by atoms with E-state index in [2.05, 4.69) is 10.1 Å². The SMILES string of the molecule is Cc1cc(C2CCCCN2C(=O)c2ccc(N3CCOCC3)cc2)no1. The predicted molar refractivity (Wildman–Crippen MR) is 98.3 cm³/mol. The van der Waals surface area contributed by atoms with Crippen LogP contribution in [0.4, 0.5) is 5.69 Å². The first-order valence-corrected chi connectivity index (χ1v) is 9.39. The first-order chi connectivity index (χ1) is 12.7. The Morgan fingerprint density at radius 3 is 2.58 bits per heavy atom. The topological polar surface area (TPSA) is 58.8 Å². The van der Waals surface area contributed by atoms with Crippen LogP contribution in [0.25, 0.3) is 0 Å². The summed E-state index contributed by atoms with van der Waals surface area (Å²) >= 11 is 0. The van der Waals surface area contributed by atoms with Crippen LogP contribution in [0.1, 0.15) is 47.1 Å². The molecule has 6 nitrogen and oxygen atoms in total. The Morgan fingerprint density at radius 2 is 1.88 bits per heavy atom. The van der Waals surface area contributed by atoms with Crippen molar-refractivity contribution in [2.24, 2.45) is 0 Å². The standard InChI is InChI=1S/C20H25N3O3/c1-15-14-18(21-26-15)19-4-2-3-9-23(19)20(24)16-5-7-17(8-6-16)22-10-12-25-13-11-22/h5-8,14,19H,2-4,9-13H2,1H3. The van der Waals surface area contributed by atoms with E-state index in [-0.39, 0.29) is 11.9 Å². The molecule has 0 saturated carbocycles. The van der Waals surface area contributed by atoms with Crippen molar-refractivity contribution in [1.82, 2.24) is 10.1 Å². The normalized spacial score (nSPS) is 21.0. The smallest absolute Gasteiger partial charge is 0.254 e. The number of rotatable bonds is 3. The number of likely N-dealkylation sites (tertiary alicyclic amines) is 1. The van der Waals surface area contributed by atoms with Gasteiger partial charge in [-0.3, -0.25) is 4.79 Å². The molecule has 1 unspecified atom stereocenters. The number of morpholine rings is 1. The molecular weight excluding hydrogens is 330 g/mol. The lowest BCUT2D eigenvalue weighted by Gasteiger charge is -2.34. The molecule has 2 saturated heterocycles. The van der Waals surface area contributed by atoms with Gasteiger partial charge >= 0.3 is 0 Å². The van der Waals surface area contributed by atoms with Crippen LogP contribution in [-0.4, -0.2) is 48.8 Å². The highest BCUT2D eigenvalue weighted by atomic mass is 16.5. The van der Waals surface area contributed by atoms with Gasteiger partial charge < -0.3 is 19.1 Å². The molecule has 6 heteroatoms. The highest BCUT2D eigenvalue weighted by Crippen LogP contribution is 2.32. The number of anilines is 1. The number of benzene rings is 1. The van der Waals surface area contributed by atoms with E-state index in [0.717, 1.165) is 74.8 Å². The van der Waals surface area contributed by atoms with Gasteiger partial charge in [-0.05, 0) is 50.5 Å². The monoisotopic (exact) mass is 355 g/mol. The van der Waals surface area contributed by atoms with Crippen LogP contribution in [0, 0.1) is 6.92 Å². The van der Waals surface area contributed by atoms with Crippen molar-refractivity contribution >= 4 is 11.6 Å². The maximum atomic E-state index is 13.1. The lowest BCUT2D eigenvalue weighted by molar-refractivity contribution is 0.0602. The number of amides is 1. The largest absolute Gasteiger partial charge is 0.378 e. The van der Waals surface area contributed by atoms with Crippen LogP contribution in [-0.2, 0) is 4.74 Å². The number of piperidine rings is 1. The van der Waals surface area contributed by atoms with Crippen molar-refractivity contribution in [3.8, 4) is 0 Å². The molecule has 1 aromatic heterocycles. The van der Waals surface area contributed by atoms with Crippen LogP contribution >= 0.6 is 0 Å². The second kappa shape index (κ2) is 7.50. The number of carbonyl (C=O) groups excluding carboxylic acids is 1. The highest BCUT2D eigenvalue weighted by molar-refractivity contribution is 5.95. The van der Waals surface area contributed by atoms with Crippen molar-refractivity contribution in [1.29, 1.82) is 0 Å². The zero-order valence-corrected chi connectivity index (χ0v) is 15.2. The van der Waals surface area contributed by atoms with E-state index in [1.54, 1.807) is 0 Å². The molecule has 1 atom stereocenters. The summed E-state index contributed by atoms with van der Waals surface area (Å²) in [6.45, 7) is 5.96. The highest BCUT2D eigenvalue weighted by Gasteiger charge is 2.30. The lowest BCUT2D eigenvalue weighted by Crippen LogP contribution is -2.38. The van der Waals surface area contributed by atoms with E-state index in [4.69, 9.17) is 9.26 Å². The molecule has 2 aromatic rings. The Balaban J connectivity index is 1.51. The van der Waals surface area contributed by atoms with Gasteiger partial charge in [-0.1, -0.05) is 5.16 Å². The Kier molecular flexibility index (Phi) is 4.93. The van der Waals surface area contributed by atoms with Gasteiger partial charge in [-0.25, -0.2) is 0 Å². The first kappa shape index (κ1) is 17.1. The molecule has 2 aliphatic heterocycles. The lowest BCUT2D eigenvalue weighted by atomic mass is 9.98. The van der Waals surface area contributed by atoms with Gasteiger partial charge in [0.15, 0.2) is 0 Å². The summed E-state index contributed by atoms with van der Waals surface area (Å²) in [6, 6.07) is 9.90. The van der Waals surface area contributed by atoms with Gasteiger partial charge in [0.25, 0.3) is 5.91 Å². The van der Waals surface area contributed by atoms with Gasteiger partial charge in [0.1, 0.15) is 11.5 Å². The summed E-state index contributed by atoms with van der Waals surface area (Å²) in [5.41, 5.74) is 2.74. The van der Waals surface area contributed by atoms with E-state index in [1.807, 2.05) is 42.2 Å². The molecule has 1 aromatic carbocycles. The van der Waals surface area contributed by atoms with Crippen molar-refractivity contribution in [2.45, 2.75) is 32.2 Å². The van der Waals surface area contributed by atoms with Gasteiger partial charge in [0.05, 0.1) is 19.3 Å². The molecule has 0 N–H and O–H groups in total. The minimum Gasteiger partial charge on any atom is -0.378 e. The summed E-state index contributed by atoms with van der Waals surface area (Å²) in [6.07, 6.45) is 3.07. The molecule has 26 heavy (non-hydrogen) atoms. The maximum absolute atomic E-state index is 13.1. The minimum absolute atomic E-state index is 0.00706. The van der Waals surface area contributed by atoms with Crippen LogP contribution in [0.2, 0.25) is 0 Å². The van der Waals surface area contributed by atoms with Crippen LogP contribution < -0.4 is 4.90 Å². The fourth-order valence-corrected chi connectivity index (χ4v) is 3.83. The summed E-state index contributed by atoms with van der Waals surface area (Å²) in [4.78, 5) is 17.4. The third kappa shape index (κ3) is 3.46. The summed E-state index contributed by atoms with van der Waals surface area (Å²) in [7, 11) is 0. The van der Waals surface area contributed by atoms with Crippen molar-refractivity contribution < 1.29 is 14.1 Å². The number of ether oxygens (including phenoxy) is 1. The number of carbonyl (C=O) groups is 1. The average molecular weight is 355 g/mol. The fourth-order valence-electron chi connectivity index (χ4n) is 3.83. The molecular formula is C20H25N3O3. The Morgan fingerprint density at radius 1 is 1.12 bits per heavy atom. The maximum Gasteiger partial charge on any atom is 0.254 e. The van der Waals surface area contributed by atoms with Crippen molar-refractivity contribution in [3.63, 3.8) is 0 Å². The zero-order chi connectivity index (χ0) is 17.9. The van der Waals surface area contributed by atoms with E-state index >= 15 is 0 Å². The molecule has 0 radical (unpaired) electrons. The van der Waals surface area contributed by atoms with E-state index in [1.165, 1.54) is 0 Å². The van der Waals surface area contributed by atoms with Gasteiger partial charge in [0, 0.05) is 37.0 Å². The van der Waals surface area contributed by atoms with Crippen molar-refractivity contribution in [2.75, 3.05) is 37.7 Å². The Bertz CT molecular complexity index is 750. The second-order valence-electron chi connectivity index (χ2n) is 7.02. The zero-order valence-electron chi connectivity index (χ0n) is 15.2. The number of hydrogen-bond donors (Lipinski definition) is 0. The predicted octanol–water partition coefficient (Wildman–Crippen LogP) is 3.19. The number of aromatic nitrogens is 1. The third-order valence-corrected chi connectivity index (χ3v) is 5.24. The minimum atomic E-state index is 0.00706. The molecule has 1 amide bonds. The molecule has 2 fully saturated rings. The average Bonchev–Trinajstić information content (AvgIpc) is 3.14. The summed E-state index contributed by atoms with van der Waals surface area (Å²) in [5, 5.41) is 4.15. The molecule has 138 valence electrons. The van der Waals surface area contributed by atoms with Crippen LogP contribution in [0.15, 0.2) is 34.9 Å². The Hall–Kier alpha value is -2.34. The molecule has 0 bridgehead atoms. The molecule has 0 aliphatic carbocycles. The first-order valence-electron chi connectivity index (χ1n) is 9.39. The van der Waals surface area contributed by atoms with Gasteiger partial charge in [-0.15, -0.1) is 0 Å². The number of hydrogen-bond acceptors (Lipinski definition) is 5. The Labute approximate surface area is 153 Å². The van der Waals surface area contributed by atoms with Gasteiger partial charge in [0.2, 0.25) is 0 Å². The fraction of sp³-hybridized carbons (Fsp3) is 0.500. The van der Waals surface area contributed by atoms with E-state index < -0.39 is 0 Å². The van der Waals surface area contributed by atoms with Crippen LogP contribution in [0.3, 0.4) is 0 Å².